The van der Waals surface area contributed by atoms with E-state index in [0.29, 0.717) is 5.75 Å². The Morgan fingerprint density at radius 1 is 1.24 bits per heavy atom. The number of H-pyrrole nitrogens is 1. The van der Waals surface area contributed by atoms with E-state index < -0.39 is 17.4 Å². The van der Waals surface area contributed by atoms with E-state index in [1.165, 1.54) is 37.6 Å². The molecule has 0 unspecified atom stereocenters. The number of pyridine rings is 1. The van der Waals surface area contributed by atoms with Gasteiger partial charge in [-0.05, 0) is 24.3 Å². The first kappa shape index (κ1) is 14.3. The van der Waals surface area contributed by atoms with E-state index in [1.54, 1.807) is 0 Å². The van der Waals surface area contributed by atoms with Crippen LogP contribution in [0.3, 0.4) is 0 Å². The third kappa shape index (κ3) is 3.27. The number of hydrogen-bond donors (Lipinski definition) is 3. The largest absolute Gasteiger partial charge is 0.497 e. The maximum absolute atomic E-state index is 12.0. The molecule has 0 atom stereocenters. The highest BCUT2D eigenvalue weighted by Crippen LogP contribution is 2.22. The van der Waals surface area contributed by atoms with Gasteiger partial charge in [-0.3, -0.25) is 9.59 Å². The quantitative estimate of drug-likeness (QED) is 0.786. The molecule has 7 nitrogen and oxygen atoms in total. The number of benzene rings is 1. The number of carboxylic acid groups (broad SMARTS) is 1. The summed E-state index contributed by atoms with van der Waals surface area (Å²) in [6.07, 6.45) is 1.34. The summed E-state index contributed by atoms with van der Waals surface area (Å²) in [6, 6.07) is 6.79. The smallest absolute Gasteiger partial charge is 0.337 e. The molecule has 21 heavy (non-hydrogen) atoms. The van der Waals surface area contributed by atoms with Crippen molar-refractivity contribution in [2.75, 3.05) is 12.4 Å². The third-order valence-corrected chi connectivity index (χ3v) is 2.74. The van der Waals surface area contributed by atoms with Crippen LogP contribution in [0.25, 0.3) is 0 Å². The van der Waals surface area contributed by atoms with Gasteiger partial charge in [0.15, 0.2) is 0 Å². The molecule has 1 aromatic carbocycles. The SMILES string of the molecule is COc1ccc(NC(=O)c2cc[nH]c(=O)c2)c(C(=O)O)c1. The minimum Gasteiger partial charge on any atom is -0.497 e. The fourth-order valence-corrected chi connectivity index (χ4v) is 1.72. The van der Waals surface area contributed by atoms with Gasteiger partial charge in [-0.1, -0.05) is 0 Å². The molecule has 1 amide bonds. The summed E-state index contributed by atoms with van der Waals surface area (Å²) in [5.74, 6) is -1.41. The predicted molar refractivity (Wildman–Crippen MR) is 75.0 cm³/mol. The van der Waals surface area contributed by atoms with Crippen molar-refractivity contribution in [3.63, 3.8) is 0 Å². The normalized spacial score (nSPS) is 9.95. The van der Waals surface area contributed by atoms with Gasteiger partial charge < -0.3 is 20.1 Å². The van der Waals surface area contributed by atoms with E-state index in [0.717, 1.165) is 6.07 Å². The van der Waals surface area contributed by atoms with Gasteiger partial charge >= 0.3 is 5.97 Å². The molecule has 0 bridgehead atoms. The number of aromatic carboxylic acids is 1. The van der Waals surface area contributed by atoms with Crippen LogP contribution in [0.2, 0.25) is 0 Å². The molecule has 108 valence electrons. The molecule has 2 aromatic rings. The highest BCUT2D eigenvalue weighted by atomic mass is 16.5. The Bertz CT molecular complexity index is 751. The van der Waals surface area contributed by atoms with Crippen LogP contribution in [0.5, 0.6) is 5.75 Å². The summed E-state index contributed by atoms with van der Waals surface area (Å²) in [6.45, 7) is 0. The van der Waals surface area contributed by atoms with Gasteiger partial charge in [0, 0.05) is 17.8 Å². The monoisotopic (exact) mass is 288 g/mol. The molecule has 1 aromatic heterocycles. The van der Waals surface area contributed by atoms with Crippen molar-refractivity contribution < 1.29 is 19.4 Å². The molecular weight excluding hydrogens is 276 g/mol. The maximum atomic E-state index is 12.0. The summed E-state index contributed by atoms with van der Waals surface area (Å²) in [5.41, 5.74) is -0.275. The van der Waals surface area contributed by atoms with E-state index in [4.69, 9.17) is 9.84 Å². The van der Waals surface area contributed by atoms with Gasteiger partial charge in [0.1, 0.15) is 5.75 Å². The molecule has 0 radical (unpaired) electrons. The number of anilines is 1. The number of methoxy groups -OCH3 is 1. The number of carbonyl (C=O) groups is 2. The number of aromatic nitrogens is 1. The first-order valence-corrected chi connectivity index (χ1v) is 5.92. The summed E-state index contributed by atoms with van der Waals surface area (Å²) >= 11 is 0. The van der Waals surface area contributed by atoms with Crippen LogP contribution < -0.4 is 15.6 Å². The molecule has 0 saturated carbocycles. The molecule has 0 aliphatic carbocycles. The summed E-state index contributed by atoms with van der Waals surface area (Å²) in [7, 11) is 1.41. The number of hydrogen-bond acceptors (Lipinski definition) is 4. The van der Waals surface area contributed by atoms with Crippen molar-refractivity contribution in [3.05, 3.63) is 58.0 Å². The highest BCUT2D eigenvalue weighted by Gasteiger charge is 2.15. The molecule has 2 rings (SSSR count). The molecule has 0 saturated heterocycles. The fraction of sp³-hybridized carbons (Fsp3) is 0.0714. The number of ether oxygens (including phenoxy) is 1. The predicted octanol–water partition coefficient (Wildman–Crippen LogP) is 1.33. The zero-order valence-corrected chi connectivity index (χ0v) is 11.0. The number of carboxylic acids is 1. The minimum atomic E-state index is -1.20. The minimum absolute atomic E-state index is 0.104. The highest BCUT2D eigenvalue weighted by molar-refractivity contribution is 6.07. The van der Waals surface area contributed by atoms with Crippen molar-refractivity contribution in [2.45, 2.75) is 0 Å². The Morgan fingerprint density at radius 3 is 2.62 bits per heavy atom. The van der Waals surface area contributed by atoms with E-state index in [2.05, 4.69) is 10.3 Å². The zero-order chi connectivity index (χ0) is 15.4. The van der Waals surface area contributed by atoms with Crippen molar-refractivity contribution in [2.24, 2.45) is 0 Å². The topological polar surface area (TPSA) is 108 Å². The van der Waals surface area contributed by atoms with Gasteiger partial charge in [-0.25, -0.2) is 4.79 Å². The van der Waals surface area contributed by atoms with Crippen molar-refractivity contribution in [1.82, 2.24) is 4.98 Å². The van der Waals surface area contributed by atoms with Gasteiger partial charge in [-0.15, -0.1) is 0 Å². The molecule has 3 N–H and O–H groups in total. The first-order valence-electron chi connectivity index (χ1n) is 5.92. The molecular formula is C14H12N2O5. The molecule has 1 heterocycles. The van der Waals surface area contributed by atoms with E-state index >= 15 is 0 Å². The van der Waals surface area contributed by atoms with Crippen LogP contribution in [0, 0.1) is 0 Å². The standard InChI is InChI=1S/C14H12N2O5/c1-21-9-2-3-11(10(7-9)14(19)20)16-13(18)8-4-5-15-12(17)6-8/h2-7H,1H3,(H,15,17)(H,16,18)(H,19,20). The van der Waals surface area contributed by atoms with Crippen LogP contribution in [0.1, 0.15) is 20.7 Å². The van der Waals surface area contributed by atoms with Gasteiger partial charge in [0.2, 0.25) is 5.56 Å². The van der Waals surface area contributed by atoms with E-state index in [9.17, 15) is 14.4 Å². The molecule has 0 aliphatic heterocycles. The number of amides is 1. The first-order chi connectivity index (χ1) is 10.0. The van der Waals surface area contributed by atoms with Gasteiger partial charge in [-0.2, -0.15) is 0 Å². The van der Waals surface area contributed by atoms with Crippen LogP contribution >= 0.6 is 0 Å². The lowest BCUT2D eigenvalue weighted by Crippen LogP contribution is -2.17. The lowest BCUT2D eigenvalue weighted by atomic mass is 10.1. The van der Waals surface area contributed by atoms with E-state index in [-0.39, 0.29) is 16.8 Å². The maximum Gasteiger partial charge on any atom is 0.337 e. The lowest BCUT2D eigenvalue weighted by Gasteiger charge is -2.10. The van der Waals surface area contributed by atoms with E-state index in [1.807, 2.05) is 0 Å². The Hall–Kier alpha value is -3.09. The summed E-state index contributed by atoms with van der Waals surface area (Å²) < 4.78 is 4.94. The molecule has 0 aliphatic rings. The van der Waals surface area contributed by atoms with Crippen molar-refractivity contribution in [3.8, 4) is 5.75 Å². The van der Waals surface area contributed by atoms with Crippen LogP contribution in [-0.4, -0.2) is 29.1 Å². The number of aromatic amines is 1. The third-order valence-electron chi connectivity index (χ3n) is 2.74. The average Bonchev–Trinajstić information content (AvgIpc) is 2.47. The summed E-state index contributed by atoms with van der Waals surface area (Å²) in [4.78, 5) is 36.8. The van der Waals surface area contributed by atoms with Crippen LogP contribution in [0.15, 0.2) is 41.3 Å². The Balaban J connectivity index is 2.33. The molecule has 0 fully saturated rings. The molecule has 0 spiro atoms. The Labute approximate surface area is 119 Å². The lowest BCUT2D eigenvalue weighted by molar-refractivity contribution is 0.0697. The van der Waals surface area contributed by atoms with Gasteiger partial charge in [0.05, 0.1) is 18.4 Å². The second-order valence-corrected chi connectivity index (χ2v) is 4.11. The fourth-order valence-electron chi connectivity index (χ4n) is 1.72. The summed E-state index contributed by atoms with van der Waals surface area (Å²) in [5, 5.41) is 11.6. The van der Waals surface area contributed by atoms with Gasteiger partial charge in [0.25, 0.3) is 5.91 Å². The van der Waals surface area contributed by atoms with Crippen molar-refractivity contribution in [1.29, 1.82) is 0 Å². The van der Waals surface area contributed by atoms with Crippen molar-refractivity contribution >= 4 is 17.6 Å². The number of rotatable bonds is 4. The zero-order valence-electron chi connectivity index (χ0n) is 11.0. The Morgan fingerprint density at radius 2 is 2.00 bits per heavy atom. The number of carbonyl (C=O) groups excluding carboxylic acids is 1. The average molecular weight is 288 g/mol. The van der Waals surface area contributed by atoms with Crippen LogP contribution in [0.4, 0.5) is 5.69 Å². The second-order valence-electron chi connectivity index (χ2n) is 4.11. The Kier molecular flexibility index (Phi) is 4.03. The molecule has 7 heteroatoms. The second kappa shape index (κ2) is 5.91. The van der Waals surface area contributed by atoms with Crippen LogP contribution in [-0.2, 0) is 0 Å². The number of nitrogens with one attached hydrogen (secondary N) is 2.